The molecule has 1 heterocycles. The SMILES string of the molecule is CCN(CC)C(=O)CN1C(=O)S/C(=C\c2ccc(Cl)cc2Cl)C1=O. The van der Waals surface area contributed by atoms with E-state index >= 15 is 0 Å². The monoisotopic (exact) mass is 386 g/mol. The van der Waals surface area contributed by atoms with Crippen molar-refractivity contribution >= 4 is 58.1 Å². The van der Waals surface area contributed by atoms with Gasteiger partial charge in [0.2, 0.25) is 5.91 Å². The molecule has 0 spiro atoms. The molecular weight excluding hydrogens is 371 g/mol. The Morgan fingerprint density at radius 1 is 1.25 bits per heavy atom. The highest BCUT2D eigenvalue weighted by Gasteiger charge is 2.36. The van der Waals surface area contributed by atoms with Crippen molar-refractivity contribution in [3.8, 4) is 0 Å². The van der Waals surface area contributed by atoms with Gasteiger partial charge < -0.3 is 4.90 Å². The van der Waals surface area contributed by atoms with E-state index in [2.05, 4.69) is 0 Å². The van der Waals surface area contributed by atoms with Crippen molar-refractivity contribution in [1.82, 2.24) is 9.80 Å². The van der Waals surface area contributed by atoms with Gasteiger partial charge in [0.05, 0.1) is 4.91 Å². The number of amides is 3. The van der Waals surface area contributed by atoms with Crippen molar-refractivity contribution in [2.45, 2.75) is 13.8 Å². The minimum absolute atomic E-state index is 0.233. The number of hydrogen-bond donors (Lipinski definition) is 0. The third-order valence-corrected chi connectivity index (χ3v) is 5.00. The molecule has 1 aliphatic heterocycles. The fraction of sp³-hybridized carbons (Fsp3) is 0.312. The third-order valence-electron chi connectivity index (χ3n) is 3.53. The zero-order chi connectivity index (χ0) is 17.9. The summed E-state index contributed by atoms with van der Waals surface area (Å²) in [7, 11) is 0. The van der Waals surface area contributed by atoms with Crippen LogP contribution >= 0.6 is 35.0 Å². The third kappa shape index (κ3) is 4.12. The molecule has 1 fully saturated rings. The van der Waals surface area contributed by atoms with E-state index in [1.807, 2.05) is 13.8 Å². The summed E-state index contributed by atoms with van der Waals surface area (Å²) < 4.78 is 0. The normalized spacial score (nSPS) is 16.2. The Labute approximate surface area is 154 Å². The minimum atomic E-state index is -0.489. The molecule has 0 aromatic heterocycles. The van der Waals surface area contributed by atoms with E-state index in [1.54, 1.807) is 23.1 Å². The van der Waals surface area contributed by atoms with E-state index < -0.39 is 11.1 Å². The van der Waals surface area contributed by atoms with Gasteiger partial charge >= 0.3 is 0 Å². The van der Waals surface area contributed by atoms with Crippen LogP contribution < -0.4 is 0 Å². The number of carbonyl (C=O) groups is 3. The molecule has 24 heavy (non-hydrogen) atoms. The summed E-state index contributed by atoms with van der Waals surface area (Å²) in [5, 5.41) is 0.403. The molecular formula is C16H16Cl2N2O3S. The Bertz CT molecular complexity index is 717. The number of halogens is 2. The standard InChI is InChI=1S/C16H16Cl2N2O3S/c1-3-19(4-2)14(21)9-20-15(22)13(24-16(20)23)7-10-5-6-11(17)8-12(10)18/h5-8H,3-4,9H2,1-2H3/b13-7-. The molecule has 0 bridgehead atoms. The lowest BCUT2D eigenvalue weighted by Crippen LogP contribution is -2.41. The molecule has 0 unspecified atom stereocenters. The first-order valence-corrected chi connectivity index (χ1v) is 8.92. The Kier molecular flexibility index (Phi) is 6.32. The topological polar surface area (TPSA) is 57.7 Å². The van der Waals surface area contributed by atoms with Gasteiger partial charge in [-0.1, -0.05) is 29.3 Å². The van der Waals surface area contributed by atoms with Gasteiger partial charge in [-0.2, -0.15) is 0 Å². The molecule has 2 rings (SSSR count). The average molecular weight is 387 g/mol. The second-order valence-electron chi connectivity index (χ2n) is 5.00. The Hall–Kier alpha value is -1.50. The summed E-state index contributed by atoms with van der Waals surface area (Å²) >= 11 is 12.7. The van der Waals surface area contributed by atoms with Gasteiger partial charge in [0.1, 0.15) is 6.54 Å². The van der Waals surface area contributed by atoms with Crippen molar-refractivity contribution in [2.75, 3.05) is 19.6 Å². The number of thioether (sulfide) groups is 1. The predicted octanol–water partition coefficient (Wildman–Crippen LogP) is 3.90. The zero-order valence-electron chi connectivity index (χ0n) is 13.2. The summed E-state index contributed by atoms with van der Waals surface area (Å²) in [5.41, 5.74) is 0.585. The Morgan fingerprint density at radius 2 is 1.92 bits per heavy atom. The van der Waals surface area contributed by atoms with Crippen LogP contribution in [-0.4, -0.2) is 46.5 Å². The molecule has 0 aliphatic carbocycles. The van der Waals surface area contributed by atoms with Crippen LogP contribution in [0.4, 0.5) is 4.79 Å². The van der Waals surface area contributed by atoms with E-state index in [-0.39, 0.29) is 17.4 Å². The zero-order valence-corrected chi connectivity index (χ0v) is 15.5. The van der Waals surface area contributed by atoms with Crippen molar-refractivity contribution in [3.05, 3.63) is 38.7 Å². The van der Waals surface area contributed by atoms with Crippen LogP contribution in [0.3, 0.4) is 0 Å². The molecule has 0 atom stereocenters. The van der Waals surface area contributed by atoms with Crippen LogP contribution in [0.2, 0.25) is 10.0 Å². The van der Waals surface area contributed by atoms with Gasteiger partial charge in [-0.25, -0.2) is 0 Å². The number of imide groups is 1. The maximum absolute atomic E-state index is 12.4. The number of hydrogen-bond acceptors (Lipinski definition) is 4. The Balaban J connectivity index is 2.19. The smallest absolute Gasteiger partial charge is 0.294 e. The molecule has 1 saturated heterocycles. The lowest BCUT2D eigenvalue weighted by molar-refractivity contribution is -0.135. The van der Waals surface area contributed by atoms with E-state index in [0.29, 0.717) is 28.7 Å². The number of carbonyl (C=O) groups excluding carboxylic acids is 3. The van der Waals surface area contributed by atoms with E-state index in [9.17, 15) is 14.4 Å². The lowest BCUT2D eigenvalue weighted by atomic mass is 10.2. The van der Waals surface area contributed by atoms with Crippen molar-refractivity contribution in [1.29, 1.82) is 0 Å². The van der Waals surface area contributed by atoms with Gasteiger partial charge in [-0.05, 0) is 49.4 Å². The largest absolute Gasteiger partial charge is 0.342 e. The molecule has 1 aromatic rings. The van der Waals surface area contributed by atoms with Gasteiger partial charge in [0.25, 0.3) is 11.1 Å². The highest BCUT2D eigenvalue weighted by molar-refractivity contribution is 8.18. The quantitative estimate of drug-likeness (QED) is 0.720. The molecule has 1 aliphatic rings. The van der Waals surface area contributed by atoms with Gasteiger partial charge in [-0.3, -0.25) is 19.3 Å². The molecule has 1 aromatic carbocycles. The summed E-state index contributed by atoms with van der Waals surface area (Å²) in [6, 6.07) is 4.87. The second kappa shape index (κ2) is 8.05. The van der Waals surface area contributed by atoms with Gasteiger partial charge in [0.15, 0.2) is 0 Å². The van der Waals surface area contributed by atoms with E-state index in [1.165, 1.54) is 6.08 Å². The molecule has 0 N–H and O–H groups in total. The molecule has 3 amide bonds. The molecule has 128 valence electrons. The summed E-state index contributed by atoms with van der Waals surface area (Å²) in [6.45, 7) is 4.50. The summed E-state index contributed by atoms with van der Waals surface area (Å²) in [5.74, 6) is -0.746. The van der Waals surface area contributed by atoms with E-state index in [4.69, 9.17) is 23.2 Å². The van der Waals surface area contributed by atoms with Crippen LogP contribution in [0.5, 0.6) is 0 Å². The molecule has 5 nitrogen and oxygen atoms in total. The number of rotatable bonds is 5. The minimum Gasteiger partial charge on any atom is -0.342 e. The lowest BCUT2D eigenvalue weighted by Gasteiger charge is -2.21. The highest BCUT2D eigenvalue weighted by Crippen LogP contribution is 2.33. The van der Waals surface area contributed by atoms with Gasteiger partial charge in [-0.15, -0.1) is 0 Å². The predicted molar refractivity (Wildman–Crippen MR) is 97.1 cm³/mol. The first-order chi connectivity index (χ1) is 11.4. The van der Waals surface area contributed by atoms with Crippen molar-refractivity contribution in [3.63, 3.8) is 0 Å². The second-order valence-corrected chi connectivity index (χ2v) is 6.84. The molecule has 0 radical (unpaired) electrons. The van der Waals surface area contributed by atoms with Crippen LogP contribution in [0.25, 0.3) is 6.08 Å². The average Bonchev–Trinajstić information content (AvgIpc) is 2.79. The first kappa shape index (κ1) is 18.8. The summed E-state index contributed by atoms with van der Waals surface area (Å²) in [4.78, 5) is 39.4. The summed E-state index contributed by atoms with van der Waals surface area (Å²) in [6.07, 6.45) is 1.53. The van der Waals surface area contributed by atoms with Crippen molar-refractivity contribution < 1.29 is 14.4 Å². The maximum Gasteiger partial charge on any atom is 0.294 e. The van der Waals surface area contributed by atoms with Gasteiger partial charge in [0, 0.05) is 23.1 Å². The first-order valence-electron chi connectivity index (χ1n) is 7.35. The number of likely N-dealkylation sites (N-methyl/N-ethyl adjacent to an activating group) is 1. The fourth-order valence-electron chi connectivity index (χ4n) is 2.21. The highest BCUT2D eigenvalue weighted by atomic mass is 35.5. The van der Waals surface area contributed by atoms with Crippen molar-refractivity contribution in [2.24, 2.45) is 0 Å². The fourth-order valence-corrected chi connectivity index (χ4v) is 3.50. The number of nitrogens with zero attached hydrogens (tertiary/aromatic N) is 2. The maximum atomic E-state index is 12.4. The Morgan fingerprint density at radius 3 is 2.50 bits per heavy atom. The molecule has 0 saturated carbocycles. The van der Waals surface area contributed by atoms with Crippen LogP contribution in [0.1, 0.15) is 19.4 Å². The molecule has 8 heteroatoms. The van der Waals surface area contributed by atoms with E-state index in [0.717, 1.165) is 16.7 Å². The number of benzene rings is 1. The van der Waals surface area contributed by atoms with Crippen LogP contribution in [-0.2, 0) is 9.59 Å². The van der Waals surface area contributed by atoms with Crippen LogP contribution in [0, 0.1) is 0 Å². The van der Waals surface area contributed by atoms with Crippen LogP contribution in [0.15, 0.2) is 23.1 Å².